The second-order valence-corrected chi connectivity index (χ2v) is 5.26. The summed E-state index contributed by atoms with van der Waals surface area (Å²) in [6.45, 7) is 1.86. The van der Waals surface area contributed by atoms with Gasteiger partial charge in [0.05, 0.1) is 18.7 Å². The molecule has 116 valence electrons. The molecule has 2 heterocycles. The minimum Gasteiger partial charge on any atom is -0.334 e. The topological polar surface area (TPSA) is 37.7 Å². The van der Waals surface area contributed by atoms with Gasteiger partial charge in [-0.25, -0.2) is 4.98 Å². The SMILES string of the molecule is O=C(CCl)N1CCN(c2[nH+]cc(C(F)(F)F)cc2Cl)CC1. The number of carbonyl (C=O) groups is 1. The van der Waals surface area contributed by atoms with Crippen molar-refractivity contribution in [1.82, 2.24) is 4.90 Å². The zero-order chi connectivity index (χ0) is 15.6. The molecule has 1 aliphatic heterocycles. The van der Waals surface area contributed by atoms with Crippen LogP contribution in [0.5, 0.6) is 0 Å². The van der Waals surface area contributed by atoms with Crippen molar-refractivity contribution in [2.45, 2.75) is 6.18 Å². The molecule has 0 bridgehead atoms. The number of hydrogen-bond donors (Lipinski definition) is 0. The lowest BCUT2D eigenvalue weighted by molar-refractivity contribution is -0.367. The van der Waals surface area contributed by atoms with Crippen molar-refractivity contribution in [3.05, 3.63) is 22.8 Å². The average Bonchev–Trinajstić information content (AvgIpc) is 2.45. The Kier molecular flexibility index (Phi) is 4.83. The first kappa shape index (κ1) is 16.2. The number of rotatable bonds is 2. The van der Waals surface area contributed by atoms with Crippen molar-refractivity contribution < 1.29 is 22.9 Å². The number of nitrogens with zero attached hydrogens (tertiary/aromatic N) is 2. The fraction of sp³-hybridized carbons (Fsp3) is 0.500. The van der Waals surface area contributed by atoms with Crippen LogP contribution in [0.4, 0.5) is 19.0 Å². The molecular formula is C12H13Cl2F3N3O+. The van der Waals surface area contributed by atoms with Crippen molar-refractivity contribution in [3.8, 4) is 0 Å². The van der Waals surface area contributed by atoms with Gasteiger partial charge in [0.15, 0.2) is 0 Å². The number of nitrogens with one attached hydrogen (secondary N) is 1. The molecule has 0 aliphatic carbocycles. The summed E-state index contributed by atoms with van der Waals surface area (Å²) in [5.74, 6) is 0.189. The molecule has 0 spiro atoms. The van der Waals surface area contributed by atoms with Gasteiger partial charge < -0.3 is 4.90 Å². The molecule has 0 unspecified atom stereocenters. The Morgan fingerprint density at radius 3 is 2.38 bits per heavy atom. The Bertz CT molecular complexity index is 531. The summed E-state index contributed by atoms with van der Waals surface area (Å²) >= 11 is 11.4. The normalized spacial score (nSPS) is 16.2. The van der Waals surface area contributed by atoms with Crippen LogP contribution in [-0.4, -0.2) is 42.9 Å². The predicted molar refractivity (Wildman–Crippen MR) is 72.5 cm³/mol. The first-order valence-corrected chi connectivity index (χ1v) is 7.11. The molecule has 4 nitrogen and oxygen atoms in total. The largest absolute Gasteiger partial charge is 0.419 e. The zero-order valence-corrected chi connectivity index (χ0v) is 12.4. The molecule has 1 N–H and O–H groups in total. The van der Waals surface area contributed by atoms with E-state index in [-0.39, 0.29) is 16.8 Å². The molecule has 1 aliphatic rings. The first-order valence-electron chi connectivity index (χ1n) is 6.20. The molecule has 1 aromatic heterocycles. The molecule has 21 heavy (non-hydrogen) atoms. The summed E-state index contributed by atoms with van der Waals surface area (Å²) in [4.78, 5) is 17.5. The first-order chi connectivity index (χ1) is 9.82. The molecule has 1 fully saturated rings. The van der Waals surface area contributed by atoms with E-state index < -0.39 is 11.7 Å². The van der Waals surface area contributed by atoms with E-state index in [0.717, 1.165) is 12.3 Å². The fourth-order valence-electron chi connectivity index (χ4n) is 2.13. The Hall–Kier alpha value is -1.21. The highest BCUT2D eigenvalue weighted by molar-refractivity contribution is 6.32. The van der Waals surface area contributed by atoms with Gasteiger partial charge in [0.25, 0.3) is 5.82 Å². The Balaban J connectivity index is 2.09. The van der Waals surface area contributed by atoms with Gasteiger partial charge in [-0.15, -0.1) is 11.6 Å². The molecule has 9 heteroatoms. The Labute approximate surface area is 129 Å². The lowest BCUT2D eigenvalue weighted by Crippen LogP contribution is -2.50. The number of pyridine rings is 1. The van der Waals surface area contributed by atoms with E-state index >= 15 is 0 Å². The number of aromatic nitrogens is 1. The second kappa shape index (κ2) is 6.27. The maximum absolute atomic E-state index is 12.6. The van der Waals surface area contributed by atoms with Crippen molar-refractivity contribution >= 4 is 34.9 Å². The minimum absolute atomic E-state index is 0.00180. The van der Waals surface area contributed by atoms with Crippen LogP contribution in [0.2, 0.25) is 5.02 Å². The minimum atomic E-state index is -4.44. The molecule has 1 saturated heterocycles. The van der Waals surface area contributed by atoms with Gasteiger partial charge in [-0.3, -0.25) is 9.69 Å². The zero-order valence-electron chi connectivity index (χ0n) is 10.9. The number of anilines is 1. The Morgan fingerprint density at radius 2 is 1.90 bits per heavy atom. The number of hydrogen-bond acceptors (Lipinski definition) is 2. The standard InChI is InChI=1S/C12H12Cl2F3N3O/c13-6-10(21)19-1-3-20(4-2-19)11-9(14)5-8(7-18-11)12(15,16)17/h5,7H,1-4,6H2/p+1. The van der Waals surface area contributed by atoms with Gasteiger partial charge in [0, 0.05) is 0 Å². The third-order valence-electron chi connectivity index (χ3n) is 3.26. The summed E-state index contributed by atoms with van der Waals surface area (Å²) in [5, 5.41) is 0.00180. The van der Waals surface area contributed by atoms with Crippen LogP contribution >= 0.6 is 23.2 Å². The third-order valence-corrected chi connectivity index (χ3v) is 3.78. The fourth-order valence-corrected chi connectivity index (χ4v) is 2.59. The molecule has 0 aromatic carbocycles. The highest BCUT2D eigenvalue weighted by Gasteiger charge is 2.34. The number of H-pyrrole nitrogens is 1. The van der Waals surface area contributed by atoms with Gasteiger partial charge in [0.1, 0.15) is 30.2 Å². The van der Waals surface area contributed by atoms with E-state index in [0.29, 0.717) is 32.0 Å². The number of halogens is 5. The van der Waals surface area contributed by atoms with E-state index in [2.05, 4.69) is 4.98 Å². The highest BCUT2D eigenvalue weighted by Crippen LogP contribution is 2.32. The van der Waals surface area contributed by atoms with Crippen LogP contribution in [0, 0.1) is 0 Å². The van der Waals surface area contributed by atoms with Crippen LogP contribution < -0.4 is 9.88 Å². The van der Waals surface area contributed by atoms with Gasteiger partial charge >= 0.3 is 6.18 Å². The van der Waals surface area contributed by atoms with E-state index in [9.17, 15) is 18.0 Å². The molecule has 0 saturated carbocycles. The molecule has 1 aromatic rings. The summed E-state index contributed by atoms with van der Waals surface area (Å²) in [6, 6.07) is 0.893. The van der Waals surface area contributed by atoms with Crippen LogP contribution in [0.3, 0.4) is 0 Å². The summed E-state index contributed by atoms with van der Waals surface area (Å²) < 4.78 is 37.7. The molecule has 1 amide bonds. The van der Waals surface area contributed by atoms with Crippen LogP contribution in [0.25, 0.3) is 0 Å². The number of aromatic amines is 1. The Morgan fingerprint density at radius 1 is 1.29 bits per heavy atom. The van der Waals surface area contributed by atoms with Gasteiger partial charge in [0.2, 0.25) is 5.91 Å². The number of piperazine rings is 1. The number of carbonyl (C=O) groups excluding carboxylic acids is 1. The van der Waals surface area contributed by atoms with Crippen molar-refractivity contribution in [2.24, 2.45) is 0 Å². The molecular weight excluding hydrogens is 330 g/mol. The predicted octanol–water partition coefficient (Wildman–Crippen LogP) is 2.06. The summed E-state index contributed by atoms with van der Waals surface area (Å²) in [7, 11) is 0. The molecule has 2 rings (SSSR count). The van der Waals surface area contributed by atoms with Gasteiger partial charge in [-0.05, 0) is 6.07 Å². The van der Waals surface area contributed by atoms with Gasteiger partial charge in [-0.2, -0.15) is 13.2 Å². The van der Waals surface area contributed by atoms with E-state index in [4.69, 9.17) is 23.2 Å². The van der Waals surface area contributed by atoms with Crippen LogP contribution in [0.15, 0.2) is 12.3 Å². The number of amides is 1. The van der Waals surface area contributed by atoms with Crippen LogP contribution in [-0.2, 0) is 11.0 Å². The quantitative estimate of drug-likeness (QED) is 0.771. The van der Waals surface area contributed by atoms with Crippen LogP contribution in [0.1, 0.15) is 5.56 Å². The highest BCUT2D eigenvalue weighted by atomic mass is 35.5. The van der Waals surface area contributed by atoms with E-state index in [1.807, 2.05) is 0 Å². The van der Waals surface area contributed by atoms with Crippen molar-refractivity contribution in [1.29, 1.82) is 0 Å². The summed E-state index contributed by atoms with van der Waals surface area (Å²) in [6.07, 6.45) is -3.55. The second-order valence-electron chi connectivity index (χ2n) is 4.58. The lowest BCUT2D eigenvalue weighted by Gasteiger charge is -2.30. The summed E-state index contributed by atoms with van der Waals surface area (Å²) in [5.41, 5.74) is -0.827. The molecule has 0 radical (unpaired) electrons. The van der Waals surface area contributed by atoms with E-state index in [1.165, 1.54) is 0 Å². The van der Waals surface area contributed by atoms with Crippen molar-refractivity contribution in [3.63, 3.8) is 0 Å². The maximum atomic E-state index is 12.6. The lowest BCUT2D eigenvalue weighted by atomic mass is 10.2. The average molecular weight is 343 g/mol. The molecule has 0 atom stereocenters. The smallest absolute Gasteiger partial charge is 0.334 e. The third kappa shape index (κ3) is 3.71. The monoisotopic (exact) mass is 342 g/mol. The number of alkyl halides is 4. The van der Waals surface area contributed by atoms with Crippen molar-refractivity contribution in [2.75, 3.05) is 37.0 Å². The van der Waals surface area contributed by atoms with E-state index in [1.54, 1.807) is 9.80 Å². The maximum Gasteiger partial charge on any atom is 0.419 e. The van der Waals surface area contributed by atoms with Gasteiger partial charge in [-0.1, -0.05) is 11.6 Å².